The number of esters is 1. The van der Waals surface area contributed by atoms with Crippen LogP contribution in [0.1, 0.15) is 37.0 Å². The van der Waals surface area contributed by atoms with Crippen LogP contribution in [-0.4, -0.2) is 29.6 Å². The van der Waals surface area contributed by atoms with E-state index in [2.05, 4.69) is 12.2 Å². The molecule has 1 N–H and O–H groups in total. The van der Waals surface area contributed by atoms with Gasteiger partial charge in [-0.3, -0.25) is 0 Å². The van der Waals surface area contributed by atoms with E-state index in [1.165, 1.54) is 18.6 Å². The van der Waals surface area contributed by atoms with E-state index < -0.39 is 0 Å². The molecule has 1 aliphatic rings. The second kappa shape index (κ2) is 6.85. The molecule has 0 aromatic heterocycles. The number of nitrogens with one attached hydrogen (secondary N) is 1. The molecule has 1 aromatic rings. The number of hydrogen-bond donors (Lipinski definition) is 1. The van der Waals surface area contributed by atoms with E-state index >= 15 is 0 Å². The molecule has 0 radical (unpaired) electrons. The van der Waals surface area contributed by atoms with Gasteiger partial charge in [0.2, 0.25) is 0 Å². The third-order valence-corrected chi connectivity index (χ3v) is 4.71. The zero-order chi connectivity index (χ0) is 13.7. The first kappa shape index (κ1) is 14.3. The van der Waals surface area contributed by atoms with Gasteiger partial charge in [-0.2, -0.15) is 11.8 Å². The van der Waals surface area contributed by atoms with Crippen LogP contribution in [0.3, 0.4) is 0 Å². The predicted octanol–water partition coefficient (Wildman–Crippen LogP) is 3.56. The summed E-state index contributed by atoms with van der Waals surface area (Å²) in [7, 11) is 0. The number of carbonyl (C=O) groups is 1. The Morgan fingerprint density at radius 1 is 1.53 bits per heavy atom. The molecule has 104 valence electrons. The molecule has 3 nitrogen and oxygen atoms in total. The van der Waals surface area contributed by atoms with Crippen molar-refractivity contribution in [2.45, 2.75) is 38.0 Å². The van der Waals surface area contributed by atoms with Crippen molar-refractivity contribution in [3.63, 3.8) is 0 Å². The fourth-order valence-corrected chi connectivity index (χ4v) is 3.42. The van der Waals surface area contributed by atoms with Gasteiger partial charge < -0.3 is 10.1 Å². The summed E-state index contributed by atoms with van der Waals surface area (Å²) in [5, 5.41) is 4.15. The van der Waals surface area contributed by atoms with Gasteiger partial charge in [0.05, 0.1) is 12.2 Å². The van der Waals surface area contributed by atoms with Crippen molar-refractivity contribution in [3.8, 4) is 0 Å². The van der Waals surface area contributed by atoms with Crippen LogP contribution in [0.5, 0.6) is 0 Å². The number of thioether (sulfide) groups is 1. The Morgan fingerprint density at radius 2 is 2.37 bits per heavy atom. The van der Waals surface area contributed by atoms with Gasteiger partial charge in [0.15, 0.2) is 0 Å². The highest BCUT2D eigenvalue weighted by Gasteiger charge is 2.21. The van der Waals surface area contributed by atoms with Gasteiger partial charge in [-0.25, -0.2) is 4.79 Å². The van der Waals surface area contributed by atoms with Crippen LogP contribution in [0.4, 0.5) is 5.69 Å². The standard InChI is InChI=1S/C15H21NO2S/c1-3-18-15(17)12-6-4-7-13(10-12)16-14-8-5-9-19-11(14)2/h4,6-7,10-11,14,16H,3,5,8-9H2,1-2H3. The largest absolute Gasteiger partial charge is 0.462 e. The molecule has 0 amide bonds. The Balaban J connectivity index is 2.04. The van der Waals surface area contributed by atoms with Crippen LogP contribution >= 0.6 is 11.8 Å². The van der Waals surface area contributed by atoms with Crippen molar-refractivity contribution < 1.29 is 9.53 Å². The summed E-state index contributed by atoms with van der Waals surface area (Å²) in [5.41, 5.74) is 1.62. The molecular weight excluding hydrogens is 258 g/mol. The lowest BCUT2D eigenvalue weighted by Gasteiger charge is -2.30. The maximum Gasteiger partial charge on any atom is 0.338 e. The molecule has 0 bridgehead atoms. The highest BCUT2D eigenvalue weighted by molar-refractivity contribution is 8.00. The molecule has 2 rings (SSSR count). The third kappa shape index (κ3) is 3.90. The van der Waals surface area contributed by atoms with Gasteiger partial charge in [-0.15, -0.1) is 0 Å². The summed E-state index contributed by atoms with van der Waals surface area (Å²) < 4.78 is 5.02. The van der Waals surface area contributed by atoms with Crippen molar-refractivity contribution in [1.82, 2.24) is 0 Å². The van der Waals surface area contributed by atoms with Gasteiger partial charge in [0.1, 0.15) is 0 Å². The van der Waals surface area contributed by atoms with Crippen LogP contribution in [0.15, 0.2) is 24.3 Å². The number of carbonyl (C=O) groups excluding carboxylic acids is 1. The molecule has 2 atom stereocenters. The average molecular weight is 279 g/mol. The highest BCUT2D eigenvalue weighted by atomic mass is 32.2. The molecule has 0 saturated carbocycles. The van der Waals surface area contributed by atoms with Gasteiger partial charge in [0.25, 0.3) is 0 Å². The zero-order valence-corrected chi connectivity index (χ0v) is 12.3. The van der Waals surface area contributed by atoms with Crippen LogP contribution in [-0.2, 0) is 4.74 Å². The van der Waals surface area contributed by atoms with Crippen molar-refractivity contribution in [3.05, 3.63) is 29.8 Å². The quantitative estimate of drug-likeness (QED) is 0.855. The van der Waals surface area contributed by atoms with E-state index in [1.54, 1.807) is 6.07 Å². The monoisotopic (exact) mass is 279 g/mol. The minimum Gasteiger partial charge on any atom is -0.462 e. The molecule has 2 unspecified atom stereocenters. The molecule has 1 aliphatic heterocycles. The number of hydrogen-bond acceptors (Lipinski definition) is 4. The smallest absolute Gasteiger partial charge is 0.338 e. The van der Waals surface area contributed by atoms with Crippen LogP contribution in [0.2, 0.25) is 0 Å². The summed E-state index contributed by atoms with van der Waals surface area (Å²) in [6.45, 7) is 4.49. The topological polar surface area (TPSA) is 38.3 Å². The second-order valence-corrected chi connectivity index (χ2v) is 6.26. The summed E-state index contributed by atoms with van der Waals surface area (Å²) in [5.74, 6) is 1.000. The number of ether oxygens (including phenoxy) is 1. The molecular formula is C15H21NO2S. The maximum atomic E-state index is 11.7. The fraction of sp³-hybridized carbons (Fsp3) is 0.533. The Bertz CT molecular complexity index is 436. The highest BCUT2D eigenvalue weighted by Crippen LogP contribution is 2.27. The van der Waals surface area contributed by atoms with Crippen molar-refractivity contribution >= 4 is 23.4 Å². The lowest BCUT2D eigenvalue weighted by molar-refractivity contribution is 0.0526. The Morgan fingerprint density at radius 3 is 3.11 bits per heavy atom. The summed E-state index contributed by atoms with van der Waals surface area (Å²) >= 11 is 2.01. The van der Waals surface area contributed by atoms with Crippen LogP contribution in [0, 0.1) is 0 Å². The van der Waals surface area contributed by atoms with E-state index in [0.717, 1.165) is 5.69 Å². The van der Waals surface area contributed by atoms with Gasteiger partial charge in [0, 0.05) is 17.0 Å². The third-order valence-electron chi connectivity index (χ3n) is 3.33. The Hall–Kier alpha value is -1.16. The number of rotatable bonds is 4. The molecule has 4 heteroatoms. The summed E-state index contributed by atoms with van der Waals surface area (Å²) in [4.78, 5) is 11.7. The van der Waals surface area contributed by atoms with E-state index in [1.807, 2.05) is 36.9 Å². The average Bonchev–Trinajstić information content (AvgIpc) is 2.42. The first-order valence-corrected chi connectivity index (χ1v) is 7.91. The van der Waals surface area contributed by atoms with Gasteiger partial charge >= 0.3 is 5.97 Å². The Labute approximate surface area is 119 Å². The molecule has 0 spiro atoms. The molecule has 19 heavy (non-hydrogen) atoms. The molecule has 1 fully saturated rings. The first-order valence-electron chi connectivity index (χ1n) is 6.86. The normalized spacial score (nSPS) is 22.8. The summed E-state index contributed by atoms with van der Waals surface area (Å²) in [6, 6.07) is 8.06. The van der Waals surface area contributed by atoms with Gasteiger partial charge in [-0.1, -0.05) is 13.0 Å². The minimum absolute atomic E-state index is 0.253. The minimum atomic E-state index is -0.253. The second-order valence-electron chi connectivity index (χ2n) is 4.77. The molecule has 0 aliphatic carbocycles. The van der Waals surface area contributed by atoms with Gasteiger partial charge in [-0.05, 0) is 43.7 Å². The van der Waals surface area contributed by atoms with E-state index in [9.17, 15) is 4.79 Å². The maximum absolute atomic E-state index is 11.7. The van der Waals surface area contributed by atoms with Crippen LogP contribution < -0.4 is 5.32 Å². The van der Waals surface area contributed by atoms with Crippen molar-refractivity contribution in [2.24, 2.45) is 0 Å². The van der Waals surface area contributed by atoms with E-state index in [-0.39, 0.29) is 5.97 Å². The number of benzene rings is 1. The Kier molecular flexibility index (Phi) is 5.14. The van der Waals surface area contributed by atoms with E-state index in [0.29, 0.717) is 23.5 Å². The number of anilines is 1. The SMILES string of the molecule is CCOC(=O)c1cccc(NC2CCCSC2C)c1. The molecule has 1 aromatic carbocycles. The van der Waals surface area contributed by atoms with Crippen molar-refractivity contribution in [1.29, 1.82) is 0 Å². The van der Waals surface area contributed by atoms with Crippen LogP contribution in [0.25, 0.3) is 0 Å². The van der Waals surface area contributed by atoms with Crippen molar-refractivity contribution in [2.75, 3.05) is 17.7 Å². The molecule has 1 heterocycles. The summed E-state index contributed by atoms with van der Waals surface area (Å²) in [6.07, 6.45) is 2.45. The first-order chi connectivity index (χ1) is 9.20. The lowest BCUT2D eigenvalue weighted by atomic mass is 10.1. The molecule has 1 saturated heterocycles. The zero-order valence-electron chi connectivity index (χ0n) is 11.5. The van der Waals surface area contributed by atoms with E-state index in [4.69, 9.17) is 4.74 Å². The predicted molar refractivity (Wildman–Crippen MR) is 81.0 cm³/mol. The fourth-order valence-electron chi connectivity index (χ4n) is 2.28. The lowest BCUT2D eigenvalue weighted by Crippen LogP contribution is -2.32.